The van der Waals surface area contributed by atoms with E-state index in [1.165, 1.54) is 12.8 Å². The van der Waals surface area contributed by atoms with Crippen molar-refractivity contribution in [2.24, 2.45) is 11.7 Å². The Morgan fingerprint density at radius 3 is 2.17 bits per heavy atom. The van der Waals surface area contributed by atoms with Gasteiger partial charge in [-0.15, -0.1) is 0 Å². The van der Waals surface area contributed by atoms with Crippen LogP contribution in [0.25, 0.3) is 0 Å². The molecule has 0 radical (unpaired) electrons. The molecular formula is C15H34N2O. The molecule has 0 aliphatic heterocycles. The van der Waals surface area contributed by atoms with E-state index < -0.39 is 5.60 Å². The summed E-state index contributed by atoms with van der Waals surface area (Å²) in [7, 11) is 0. The molecule has 0 fully saturated rings. The highest BCUT2D eigenvalue weighted by Gasteiger charge is 2.20. The molecule has 0 aromatic rings. The number of nitrogens with two attached hydrogens (primary N) is 1. The van der Waals surface area contributed by atoms with E-state index in [2.05, 4.69) is 32.6 Å². The van der Waals surface area contributed by atoms with Gasteiger partial charge in [-0.05, 0) is 45.1 Å². The summed E-state index contributed by atoms with van der Waals surface area (Å²) in [5, 5.41) is 9.93. The first kappa shape index (κ1) is 17.9. The molecule has 3 heteroatoms. The van der Waals surface area contributed by atoms with Gasteiger partial charge in [0.2, 0.25) is 0 Å². The molecule has 3 nitrogen and oxygen atoms in total. The van der Waals surface area contributed by atoms with Gasteiger partial charge < -0.3 is 15.7 Å². The number of hydrogen-bond acceptors (Lipinski definition) is 3. The summed E-state index contributed by atoms with van der Waals surface area (Å²) < 4.78 is 0. The molecular weight excluding hydrogens is 224 g/mol. The van der Waals surface area contributed by atoms with Crippen LogP contribution in [-0.2, 0) is 0 Å². The third-order valence-electron chi connectivity index (χ3n) is 3.66. The average molecular weight is 258 g/mol. The molecule has 1 unspecified atom stereocenters. The third-order valence-corrected chi connectivity index (χ3v) is 3.66. The van der Waals surface area contributed by atoms with Crippen LogP contribution in [0.2, 0.25) is 0 Å². The summed E-state index contributed by atoms with van der Waals surface area (Å²) in [4.78, 5) is 2.58. The van der Waals surface area contributed by atoms with Crippen LogP contribution in [0.3, 0.4) is 0 Å². The molecule has 0 bridgehead atoms. The van der Waals surface area contributed by atoms with Crippen molar-refractivity contribution < 1.29 is 5.11 Å². The van der Waals surface area contributed by atoms with E-state index in [0.717, 1.165) is 25.9 Å². The Bertz CT molecular complexity index is 201. The molecule has 0 saturated carbocycles. The quantitative estimate of drug-likeness (QED) is 0.633. The fraction of sp³-hybridized carbons (Fsp3) is 1.00. The normalized spacial score (nSPS) is 15.7. The van der Waals surface area contributed by atoms with Crippen LogP contribution in [0, 0.1) is 5.92 Å². The predicted molar refractivity (Wildman–Crippen MR) is 79.7 cm³/mol. The van der Waals surface area contributed by atoms with Crippen molar-refractivity contribution in [1.29, 1.82) is 0 Å². The van der Waals surface area contributed by atoms with Gasteiger partial charge in [0.25, 0.3) is 0 Å². The van der Waals surface area contributed by atoms with Crippen LogP contribution in [0.5, 0.6) is 0 Å². The maximum atomic E-state index is 9.93. The lowest BCUT2D eigenvalue weighted by Gasteiger charge is -2.33. The maximum absolute atomic E-state index is 9.93. The zero-order chi connectivity index (χ0) is 14.2. The van der Waals surface area contributed by atoms with Crippen molar-refractivity contribution in [2.75, 3.05) is 19.6 Å². The summed E-state index contributed by atoms with van der Waals surface area (Å²) in [6.45, 7) is 13.5. The molecule has 110 valence electrons. The van der Waals surface area contributed by atoms with Crippen molar-refractivity contribution in [2.45, 2.75) is 71.9 Å². The van der Waals surface area contributed by atoms with Crippen molar-refractivity contribution in [3.05, 3.63) is 0 Å². The topological polar surface area (TPSA) is 49.5 Å². The molecule has 1 atom stereocenters. The summed E-state index contributed by atoms with van der Waals surface area (Å²) in [6, 6.07) is 0.676. The average Bonchev–Trinajstić information content (AvgIpc) is 2.29. The molecule has 0 heterocycles. The molecule has 0 amide bonds. The molecule has 3 N–H and O–H groups in total. The van der Waals surface area contributed by atoms with Crippen molar-refractivity contribution in [3.8, 4) is 0 Å². The van der Waals surface area contributed by atoms with E-state index in [4.69, 9.17) is 5.73 Å². The number of hydrogen-bond donors (Lipinski definition) is 2. The first-order valence-corrected chi connectivity index (χ1v) is 7.52. The highest BCUT2D eigenvalue weighted by Crippen LogP contribution is 2.15. The number of aliphatic hydroxyl groups is 1. The van der Waals surface area contributed by atoms with E-state index in [1.807, 2.05) is 6.92 Å². The summed E-state index contributed by atoms with van der Waals surface area (Å²) in [5.41, 5.74) is 4.86. The van der Waals surface area contributed by atoms with Crippen LogP contribution in [0.4, 0.5) is 0 Å². The molecule has 0 aromatic carbocycles. The fourth-order valence-electron chi connectivity index (χ4n) is 2.46. The van der Waals surface area contributed by atoms with Gasteiger partial charge in [0.05, 0.1) is 5.60 Å². The van der Waals surface area contributed by atoms with E-state index in [-0.39, 0.29) is 0 Å². The lowest BCUT2D eigenvalue weighted by molar-refractivity contribution is 0.0511. The first-order chi connectivity index (χ1) is 8.36. The highest BCUT2D eigenvalue weighted by molar-refractivity contribution is 4.76. The van der Waals surface area contributed by atoms with Gasteiger partial charge in [0, 0.05) is 19.1 Å². The fourth-order valence-corrected chi connectivity index (χ4v) is 2.46. The molecule has 0 spiro atoms. The summed E-state index contributed by atoms with van der Waals surface area (Å²) >= 11 is 0. The zero-order valence-electron chi connectivity index (χ0n) is 13.1. The van der Waals surface area contributed by atoms with Crippen molar-refractivity contribution in [1.82, 2.24) is 4.90 Å². The van der Waals surface area contributed by atoms with E-state index >= 15 is 0 Å². The van der Waals surface area contributed by atoms with E-state index in [0.29, 0.717) is 18.5 Å². The predicted octanol–water partition coefficient (Wildman–Crippen LogP) is 2.62. The second kappa shape index (κ2) is 8.89. The summed E-state index contributed by atoms with van der Waals surface area (Å²) in [5.74, 6) is 0.695. The Kier molecular flexibility index (Phi) is 8.83. The Labute approximate surface area is 114 Å². The third kappa shape index (κ3) is 7.34. The van der Waals surface area contributed by atoms with E-state index in [1.54, 1.807) is 0 Å². The minimum atomic E-state index is -0.697. The molecule has 0 aliphatic rings. The number of nitrogens with zero attached hydrogens (tertiary/aromatic N) is 1. The SMILES string of the molecule is CCC(CC)N(CCCC(C)(O)CN)CC(C)C. The second-order valence-corrected chi connectivity index (χ2v) is 6.16. The highest BCUT2D eigenvalue weighted by atomic mass is 16.3. The van der Waals surface area contributed by atoms with Gasteiger partial charge in [-0.3, -0.25) is 0 Å². The van der Waals surface area contributed by atoms with Gasteiger partial charge in [-0.1, -0.05) is 27.7 Å². The van der Waals surface area contributed by atoms with Gasteiger partial charge in [0.1, 0.15) is 0 Å². The molecule has 0 aliphatic carbocycles. The zero-order valence-corrected chi connectivity index (χ0v) is 13.1. The maximum Gasteiger partial charge on any atom is 0.0741 e. The van der Waals surface area contributed by atoms with Gasteiger partial charge >= 0.3 is 0 Å². The number of rotatable bonds is 10. The monoisotopic (exact) mass is 258 g/mol. The van der Waals surface area contributed by atoms with Crippen LogP contribution < -0.4 is 5.73 Å². The van der Waals surface area contributed by atoms with Crippen LogP contribution >= 0.6 is 0 Å². The largest absolute Gasteiger partial charge is 0.389 e. The standard InChI is InChI=1S/C15H34N2O/c1-6-14(7-2)17(11-13(3)4)10-8-9-15(5,18)12-16/h13-14,18H,6-12,16H2,1-5H3. The Morgan fingerprint density at radius 2 is 1.78 bits per heavy atom. The molecule has 18 heavy (non-hydrogen) atoms. The minimum absolute atomic E-state index is 0.349. The van der Waals surface area contributed by atoms with Crippen LogP contribution in [0.15, 0.2) is 0 Å². The van der Waals surface area contributed by atoms with Crippen LogP contribution in [0.1, 0.15) is 60.3 Å². The van der Waals surface area contributed by atoms with Crippen molar-refractivity contribution in [3.63, 3.8) is 0 Å². The Morgan fingerprint density at radius 1 is 1.22 bits per heavy atom. The van der Waals surface area contributed by atoms with E-state index in [9.17, 15) is 5.11 Å². The smallest absolute Gasteiger partial charge is 0.0741 e. The summed E-state index contributed by atoms with van der Waals surface area (Å²) in [6.07, 6.45) is 4.22. The minimum Gasteiger partial charge on any atom is -0.389 e. The second-order valence-electron chi connectivity index (χ2n) is 6.16. The van der Waals surface area contributed by atoms with Gasteiger partial charge in [-0.25, -0.2) is 0 Å². The molecule has 0 saturated heterocycles. The lowest BCUT2D eigenvalue weighted by atomic mass is 9.99. The van der Waals surface area contributed by atoms with Crippen molar-refractivity contribution >= 4 is 0 Å². The lowest BCUT2D eigenvalue weighted by Crippen LogP contribution is -2.40. The first-order valence-electron chi connectivity index (χ1n) is 7.52. The Balaban J connectivity index is 4.24. The van der Waals surface area contributed by atoms with Crippen LogP contribution in [-0.4, -0.2) is 41.3 Å². The Hall–Kier alpha value is -0.120. The molecule has 0 aromatic heterocycles. The molecule has 0 rings (SSSR count). The van der Waals surface area contributed by atoms with Gasteiger partial charge in [0.15, 0.2) is 0 Å². The van der Waals surface area contributed by atoms with Gasteiger partial charge in [-0.2, -0.15) is 0 Å².